The van der Waals surface area contributed by atoms with Crippen molar-refractivity contribution in [1.82, 2.24) is 20.6 Å². The van der Waals surface area contributed by atoms with Gasteiger partial charge in [0.2, 0.25) is 0 Å². The normalized spacial score (nSPS) is 10.7. The number of amides is 2. The van der Waals surface area contributed by atoms with Crippen molar-refractivity contribution < 1.29 is 22.8 Å². The summed E-state index contributed by atoms with van der Waals surface area (Å²) < 4.78 is 39.5. The molecule has 1 aromatic heterocycles. The fourth-order valence-electron chi connectivity index (χ4n) is 2.33. The molecule has 6 nitrogen and oxygen atoms in total. The van der Waals surface area contributed by atoms with E-state index in [2.05, 4.69) is 20.6 Å². The van der Waals surface area contributed by atoms with Gasteiger partial charge in [-0.15, -0.1) is 0 Å². The summed E-state index contributed by atoms with van der Waals surface area (Å²) in [5, 5.41) is 4.90. The highest BCUT2D eigenvalue weighted by atomic mass is 19.2. The number of rotatable bonds is 5. The molecule has 0 aliphatic carbocycles. The average Bonchev–Trinajstić information content (AvgIpc) is 3.10. The van der Waals surface area contributed by atoms with Gasteiger partial charge < -0.3 is 15.6 Å². The first kappa shape index (κ1) is 17.5. The largest absolute Gasteiger partial charge is 0.350 e. The van der Waals surface area contributed by atoms with Crippen molar-refractivity contribution in [2.45, 2.75) is 0 Å². The fraction of sp³-hybridized carbons (Fsp3) is 0.118. The predicted molar refractivity (Wildman–Crippen MR) is 87.1 cm³/mol. The van der Waals surface area contributed by atoms with Crippen molar-refractivity contribution >= 4 is 22.8 Å². The monoisotopic (exact) mass is 362 g/mol. The predicted octanol–water partition coefficient (Wildman–Crippen LogP) is 2.14. The molecule has 134 valence electrons. The van der Waals surface area contributed by atoms with Crippen molar-refractivity contribution in [3.8, 4) is 0 Å². The smallest absolute Gasteiger partial charge is 0.254 e. The first-order chi connectivity index (χ1) is 12.5. The highest BCUT2D eigenvalue weighted by Gasteiger charge is 2.18. The lowest BCUT2D eigenvalue weighted by atomic mass is 10.2. The molecule has 3 aromatic rings. The molecule has 0 bridgehead atoms. The van der Waals surface area contributed by atoms with E-state index < -0.39 is 28.9 Å². The van der Waals surface area contributed by atoms with Gasteiger partial charge in [-0.25, -0.2) is 18.2 Å². The number of imidazole rings is 1. The van der Waals surface area contributed by atoms with Crippen LogP contribution in [0, 0.1) is 17.5 Å². The van der Waals surface area contributed by atoms with Gasteiger partial charge in [-0.05, 0) is 30.3 Å². The van der Waals surface area contributed by atoms with Crippen LogP contribution in [0.15, 0.2) is 36.7 Å². The third kappa shape index (κ3) is 3.51. The Morgan fingerprint density at radius 1 is 0.962 bits per heavy atom. The van der Waals surface area contributed by atoms with Crippen LogP contribution >= 0.6 is 0 Å². The van der Waals surface area contributed by atoms with Crippen LogP contribution < -0.4 is 10.6 Å². The quantitative estimate of drug-likeness (QED) is 0.480. The van der Waals surface area contributed by atoms with Gasteiger partial charge in [0.05, 0.1) is 22.9 Å². The molecule has 9 heteroatoms. The van der Waals surface area contributed by atoms with Crippen LogP contribution in [-0.2, 0) is 0 Å². The van der Waals surface area contributed by atoms with Gasteiger partial charge in [-0.3, -0.25) is 9.59 Å². The van der Waals surface area contributed by atoms with E-state index in [4.69, 9.17) is 0 Å². The molecule has 0 unspecified atom stereocenters. The van der Waals surface area contributed by atoms with E-state index >= 15 is 0 Å². The van der Waals surface area contributed by atoms with Crippen molar-refractivity contribution in [2.24, 2.45) is 0 Å². The molecule has 0 spiro atoms. The van der Waals surface area contributed by atoms with Crippen molar-refractivity contribution in [2.75, 3.05) is 13.1 Å². The third-order valence-corrected chi connectivity index (χ3v) is 3.66. The zero-order chi connectivity index (χ0) is 18.7. The Hall–Kier alpha value is -3.36. The lowest BCUT2D eigenvalue weighted by molar-refractivity contribution is 0.0925. The molecule has 0 atom stereocenters. The summed E-state index contributed by atoms with van der Waals surface area (Å²) in [5.41, 5.74) is 1.22. The molecule has 0 radical (unpaired) electrons. The Balaban J connectivity index is 1.52. The second-order valence-electron chi connectivity index (χ2n) is 5.37. The number of fused-ring (bicyclic) bond motifs is 1. The summed E-state index contributed by atoms with van der Waals surface area (Å²) in [6, 6.07) is 6.44. The maximum Gasteiger partial charge on any atom is 0.254 e. The van der Waals surface area contributed by atoms with Crippen LogP contribution in [-0.4, -0.2) is 34.9 Å². The van der Waals surface area contributed by atoms with Gasteiger partial charge in [-0.2, -0.15) is 0 Å². The number of aromatic nitrogens is 2. The number of hydrogen-bond donors (Lipinski definition) is 3. The number of nitrogens with zero attached hydrogens (tertiary/aromatic N) is 1. The average molecular weight is 362 g/mol. The molecule has 2 amide bonds. The lowest BCUT2D eigenvalue weighted by Gasteiger charge is -2.08. The second-order valence-corrected chi connectivity index (χ2v) is 5.37. The second kappa shape index (κ2) is 7.26. The van der Waals surface area contributed by atoms with Crippen LogP contribution in [0.2, 0.25) is 0 Å². The molecule has 3 rings (SSSR count). The zero-order valence-electron chi connectivity index (χ0n) is 13.3. The molecule has 0 saturated carbocycles. The van der Waals surface area contributed by atoms with Crippen LogP contribution in [0.25, 0.3) is 11.0 Å². The van der Waals surface area contributed by atoms with Gasteiger partial charge in [0.25, 0.3) is 11.8 Å². The maximum atomic E-state index is 13.5. The van der Waals surface area contributed by atoms with E-state index in [0.717, 1.165) is 11.6 Å². The minimum absolute atomic E-state index is 0.0185. The molecule has 3 N–H and O–H groups in total. The van der Waals surface area contributed by atoms with E-state index in [1.54, 1.807) is 18.2 Å². The summed E-state index contributed by atoms with van der Waals surface area (Å²) in [4.78, 5) is 30.8. The van der Waals surface area contributed by atoms with E-state index in [1.165, 1.54) is 6.33 Å². The van der Waals surface area contributed by atoms with Crippen molar-refractivity contribution in [3.63, 3.8) is 0 Å². The number of carbonyl (C=O) groups excluding carboxylic acids is 2. The summed E-state index contributed by atoms with van der Waals surface area (Å²) >= 11 is 0. The number of nitrogens with one attached hydrogen (secondary N) is 3. The Kier molecular flexibility index (Phi) is 4.87. The van der Waals surface area contributed by atoms with Gasteiger partial charge in [-0.1, -0.05) is 0 Å². The highest BCUT2D eigenvalue weighted by molar-refractivity contribution is 5.97. The van der Waals surface area contributed by atoms with Crippen LogP contribution in [0.5, 0.6) is 0 Å². The molecule has 0 aliphatic heterocycles. The molecule has 0 saturated heterocycles. The van der Waals surface area contributed by atoms with Gasteiger partial charge in [0.1, 0.15) is 0 Å². The number of carbonyl (C=O) groups is 2. The van der Waals surface area contributed by atoms with Gasteiger partial charge in [0, 0.05) is 18.7 Å². The molecular formula is C17H13F3N4O2. The lowest BCUT2D eigenvalue weighted by Crippen LogP contribution is -2.35. The van der Waals surface area contributed by atoms with Crippen molar-refractivity contribution in [3.05, 3.63) is 65.2 Å². The number of aromatic amines is 1. The highest BCUT2D eigenvalue weighted by Crippen LogP contribution is 2.15. The Morgan fingerprint density at radius 2 is 1.69 bits per heavy atom. The Morgan fingerprint density at radius 3 is 2.46 bits per heavy atom. The van der Waals surface area contributed by atoms with E-state index in [1.807, 2.05) is 0 Å². The van der Waals surface area contributed by atoms with Crippen LogP contribution in [0.3, 0.4) is 0 Å². The number of halogens is 3. The fourth-order valence-corrected chi connectivity index (χ4v) is 2.33. The number of H-pyrrole nitrogens is 1. The van der Waals surface area contributed by atoms with Crippen molar-refractivity contribution in [1.29, 1.82) is 0 Å². The molecule has 1 heterocycles. The zero-order valence-corrected chi connectivity index (χ0v) is 13.3. The molecule has 2 aromatic carbocycles. The Labute approximate surface area is 145 Å². The van der Waals surface area contributed by atoms with Gasteiger partial charge >= 0.3 is 0 Å². The number of hydrogen-bond acceptors (Lipinski definition) is 3. The first-order valence-corrected chi connectivity index (χ1v) is 7.60. The Bertz CT molecular complexity index is 987. The van der Waals surface area contributed by atoms with E-state index in [-0.39, 0.29) is 19.0 Å². The topological polar surface area (TPSA) is 86.9 Å². The van der Waals surface area contributed by atoms with Gasteiger partial charge in [0.15, 0.2) is 17.5 Å². The molecular weight excluding hydrogens is 349 g/mol. The SMILES string of the molecule is O=C(NCCNC(=O)c1ccc(F)c(F)c1F)c1ccc2nc[nH]c2c1. The molecule has 0 fully saturated rings. The molecule has 26 heavy (non-hydrogen) atoms. The third-order valence-electron chi connectivity index (χ3n) is 3.66. The van der Waals surface area contributed by atoms with E-state index in [0.29, 0.717) is 17.1 Å². The van der Waals surface area contributed by atoms with Crippen LogP contribution in [0.1, 0.15) is 20.7 Å². The standard InChI is InChI=1S/C17H13F3N4O2/c18-11-3-2-10(14(19)15(11)20)17(26)22-6-5-21-16(25)9-1-4-12-13(7-9)24-8-23-12/h1-4,7-8H,5-6H2,(H,21,25)(H,22,26)(H,23,24). The van der Waals surface area contributed by atoms with Crippen LogP contribution in [0.4, 0.5) is 13.2 Å². The summed E-state index contributed by atoms with van der Waals surface area (Å²) in [5.74, 6) is -5.91. The maximum absolute atomic E-state index is 13.5. The minimum atomic E-state index is -1.71. The summed E-state index contributed by atoms with van der Waals surface area (Å²) in [6.07, 6.45) is 1.51. The summed E-state index contributed by atoms with van der Waals surface area (Å²) in [7, 11) is 0. The summed E-state index contributed by atoms with van der Waals surface area (Å²) in [6.45, 7) is 0.0478. The number of benzene rings is 2. The minimum Gasteiger partial charge on any atom is -0.350 e. The first-order valence-electron chi connectivity index (χ1n) is 7.60. The van der Waals surface area contributed by atoms with E-state index in [9.17, 15) is 22.8 Å². The molecule has 0 aliphatic rings.